The molecule has 0 bridgehead atoms. The van der Waals surface area contributed by atoms with Gasteiger partial charge in [0, 0.05) is 0 Å². The SMILES string of the molecule is C=C[Si](C)(C)O[Si](C)(C=C)O[Si](C)(C)C=C. The molecule has 0 N–H and O–H groups in total. The molecule has 0 rings (SSSR count). The maximum absolute atomic E-state index is 6.17. The van der Waals surface area contributed by atoms with Crippen LogP contribution in [0.2, 0.25) is 32.7 Å². The van der Waals surface area contributed by atoms with E-state index in [0.29, 0.717) is 0 Å². The molecule has 0 aromatic heterocycles. The highest BCUT2D eigenvalue weighted by atomic mass is 28.5. The fourth-order valence-corrected chi connectivity index (χ4v) is 11.5. The van der Waals surface area contributed by atoms with E-state index in [0.717, 1.165) is 0 Å². The van der Waals surface area contributed by atoms with Gasteiger partial charge in [-0.2, -0.15) is 0 Å². The third-order valence-electron chi connectivity index (χ3n) is 2.29. The summed E-state index contributed by atoms with van der Waals surface area (Å²) in [5.41, 5.74) is 5.70. The van der Waals surface area contributed by atoms with Crippen LogP contribution in [0.5, 0.6) is 0 Å². The molecule has 92 valence electrons. The maximum Gasteiger partial charge on any atom is 0.341 e. The van der Waals surface area contributed by atoms with Crippen LogP contribution in [-0.4, -0.2) is 25.2 Å². The molecule has 0 spiro atoms. The minimum Gasteiger partial charge on any atom is -0.430 e. The second-order valence-corrected chi connectivity index (χ2v) is 16.3. The van der Waals surface area contributed by atoms with Crippen LogP contribution in [0.25, 0.3) is 0 Å². The minimum absolute atomic E-state index is 1.83. The van der Waals surface area contributed by atoms with E-state index in [1.807, 2.05) is 23.6 Å². The molecule has 0 radical (unpaired) electrons. The summed E-state index contributed by atoms with van der Waals surface area (Å²) in [6.45, 7) is 22.0. The molecule has 2 nitrogen and oxygen atoms in total. The van der Waals surface area contributed by atoms with Crippen LogP contribution < -0.4 is 0 Å². The Labute approximate surface area is 103 Å². The molecule has 0 aliphatic carbocycles. The summed E-state index contributed by atoms with van der Waals surface area (Å²) < 4.78 is 12.3. The zero-order valence-electron chi connectivity index (χ0n) is 11.2. The first-order valence-corrected chi connectivity index (χ1v) is 13.8. The van der Waals surface area contributed by atoms with Crippen molar-refractivity contribution in [1.29, 1.82) is 0 Å². The second kappa shape index (κ2) is 5.42. The van der Waals surface area contributed by atoms with E-state index >= 15 is 0 Å². The molecule has 0 amide bonds. The summed E-state index contributed by atoms with van der Waals surface area (Å²) >= 11 is 0. The van der Waals surface area contributed by atoms with Crippen molar-refractivity contribution in [3.05, 3.63) is 36.8 Å². The Morgan fingerprint density at radius 1 is 0.688 bits per heavy atom. The Bertz CT molecular complexity index is 263. The van der Waals surface area contributed by atoms with Crippen LogP contribution in [0.4, 0.5) is 0 Å². The van der Waals surface area contributed by atoms with E-state index in [1.165, 1.54) is 0 Å². The van der Waals surface area contributed by atoms with Crippen LogP contribution in [0.15, 0.2) is 36.8 Å². The normalized spacial score (nSPS) is 13.3. The van der Waals surface area contributed by atoms with Crippen LogP contribution in [-0.2, 0) is 8.23 Å². The van der Waals surface area contributed by atoms with E-state index in [4.69, 9.17) is 8.23 Å². The van der Waals surface area contributed by atoms with Gasteiger partial charge in [0.2, 0.25) is 0 Å². The van der Waals surface area contributed by atoms with Crippen molar-refractivity contribution in [2.45, 2.75) is 32.7 Å². The highest BCUT2D eigenvalue weighted by molar-refractivity contribution is 6.92. The van der Waals surface area contributed by atoms with Crippen molar-refractivity contribution >= 4 is 25.2 Å². The Hall–Kier alpha value is -0.209. The van der Waals surface area contributed by atoms with Gasteiger partial charge >= 0.3 is 8.56 Å². The van der Waals surface area contributed by atoms with Crippen LogP contribution in [0.1, 0.15) is 0 Å². The average molecular weight is 273 g/mol. The topological polar surface area (TPSA) is 18.5 Å². The van der Waals surface area contributed by atoms with E-state index < -0.39 is 25.2 Å². The van der Waals surface area contributed by atoms with Gasteiger partial charge < -0.3 is 8.23 Å². The molecule has 5 heteroatoms. The van der Waals surface area contributed by atoms with Gasteiger partial charge in [-0.15, -0.1) is 19.7 Å². The quantitative estimate of drug-likeness (QED) is 0.658. The third-order valence-corrected chi connectivity index (χ3v) is 12.4. The standard InChI is InChI=1S/C11H24O2Si3/c1-9-14(4,5)12-16(8,11-3)13-15(6,7)10-2/h9-11H,1-3H2,4-8H3. The number of hydrogen-bond acceptors (Lipinski definition) is 2. The lowest BCUT2D eigenvalue weighted by Crippen LogP contribution is -2.52. The zero-order chi connectivity index (χ0) is 13.0. The molecule has 0 saturated carbocycles. The summed E-state index contributed by atoms with van der Waals surface area (Å²) in [6, 6.07) is 0. The minimum atomic E-state index is -2.29. The van der Waals surface area contributed by atoms with E-state index in [2.05, 4.69) is 45.9 Å². The summed E-state index contributed by atoms with van der Waals surface area (Å²) in [6.07, 6.45) is 0. The van der Waals surface area contributed by atoms with Gasteiger partial charge in [0.25, 0.3) is 0 Å². The first-order valence-electron chi connectivity index (χ1n) is 5.41. The fraction of sp³-hybridized carbons (Fsp3) is 0.455. The first kappa shape index (κ1) is 15.8. The lowest BCUT2D eigenvalue weighted by molar-refractivity contribution is 0.408. The van der Waals surface area contributed by atoms with E-state index in [-0.39, 0.29) is 0 Å². The molecule has 0 saturated heterocycles. The molecule has 0 aromatic carbocycles. The highest BCUT2D eigenvalue weighted by Crippen LogP contribution is 2.22. The fourth-order valence-electron chi connectivity index (χ4n) is 1.23. The molecule has 0 aliphatic heterocycles. The molecular weight excluding hydrogens is 248 g/mol. The van der Waals surface area contributed by atoms with Gasteiger partial charge in [0.1, 0.15) is 0 Å². The predicted molar refractivity (Wildman–Crippen MR) is 79.3 cm³/mol. The second-order valence-electron chi connectivity index (χ2n) is 5.04. The first-order chi connectivity index (χ1) is 7.10. The van der Waals surface area contributed by atoms with Crippen molar-refractivity contribution < 1.29 is 8.23 Å². The third kappa shape index (κ3) is 5.22. The van der Waals surface area contributed by atoms with Crippen LogP contribution in [0.3, 0.4) is 0 Å². The Kier molecular flexibility index (Phi) is 5.34. The summed E-state index contributed by atoms with van der Waals surface area (Å²) in [7, 11) is -5.95. The van der Waals surface area contributed by atoms with Gasteiger partial charge in [-0.1, -0.05) is 17.1 Å². The van der Waals surface area contributed by atoms with Gasteiger partial charge in [0.15, 0.2) is 16.6 Å². The average Bonchev–Trinajstić information content (AvgIpc) is 2.16. The summed E-state index contributed by atoms with van der Waals surface area (Å²) in [5, 5.41) is 0. The zero-order valence-corrected chi connectivity index (χ0v) is 14.2. The summed E-state index contributed by atoms with van der Waals surface area (Å²) in [5.74, 6) is 0. The van der Waals surface area contributed by atoms with Gasteiger partial charge in [0.05, 0.1) is 0 Å². The lowest BCUT2D eigenvalue weighted by atomic mass is 11.3. The monoisotopic (exact) mass is 272 g/mol. The highest BCUT2D eigenvalue weighted by Gasteiger charge is 2.39. The smallest absolute Gasteiger partial charge is 0.341 e. The molecule has 0 heterocycles. The predicted octanol–water partition coefficient (Wildman–Crippen LogP) is 3.68. The van der Waals surface area contributed by atoms with Crippen LogP contribution in [0, 0.1) is 0 Å². The molecule has 0 aliphatic rings. The van der Waals surface area contributed by atoms with Crippen molar-refractivity contribution in [2.75, 3.05) is 0 Å². The molecule has 0 unspecified atom stereocenters. The Morgan fingerprint density at radius 3 is 1.19 bits per heavy atom. The largest absolute Gasteiger partial charge is 0.430 e. The Balaban J connectivity index is 4.86. The van der Waals surface area contributed by atoms with Gasteiger partial charge in [-0.25, -0.2) is 0 Å². The molecular formula is C11H24O2Si3. The summed E-state index contributed by atoms with van der Waals surface area (Å²) in [4.78, 5) is 0. The number of hydrogen-bond donors (Lipinski definition) is 0. The Morgan fingerprint density at radius 2 is 1.00 bits per heavy atom. The lowest BCUT2D eigenvalue weighted by Gasteiger charge is -2.36. The molecule has 0 aromatic rings. The maximum atomic E-state index is 6.17. The van der Waals surface area contributed by atoms with Crippen molar-refractivity contribution in [1.82, 2.24) is 0 Å². The van der Waals surface area contributed by atoms with Crippen molar-refractivity contribution in [3.63, 3.8) is 0 Å². The number of rotatable bonds is 7. The van der Waals surface area contributed by atoms with Gasteiger partial charge in [-0.3, -0.25) is 0 Å². The van der Waals surface area contributed by atoms with E-state index in [1.54, 1.807) is 0 Å². The molecule has 0 atom stereocenters. The molecule has 16 heavy (non-hydrogen) atoms. The van der Waals surface area contributed by atoms with E-state index in [9.17, 15) is 0 Å². The van der Waals surface area contributed by atoms with Crippen molar-refractivity contribution in [2.24, 2.45) is 0 Å². The van der Waals surface area contributed by atoms with Crippen molar-refractivity contribution in [3.8, 4) is 0 Å². The van der Waals surface area contributed by atoms with Crippen LogP contribution >= 0.6 is 0 Å². The van der Waals surface area contributed by atoms with Gasteiger partial charge in [-0.05, 0) is 32.7 Å². The molecule has 0 fully saturated rings.